The Labute approximate surface area is 166 Å². The molecule has 1 aromatic carbocycles. The zero-order valence-electron chi connectivity index (χ0n) is 15.5. The number of sulfone groups is 1. The van der Waals surface area contributed by atoms with E-state index in [9.17, 15) is 31.6 Å². The van der Waals surface area contributed by atoms with Crippen LogP contribution >= 0.6 is 0 Å². The summed E-state index contributed by atoms with van der Waals surface area (Å²) in [6.45, 7) is -0.0872. The average molecular weight is 429 g/mol. The van der Waals surface area contributed by atoms with Crippen LogP contribution in [-0.4, -0.2) is 49.0 Å². The zero-order valence-corrected chi connectivity index (χ0v) is 16.3. The molecule has 1 saturated heterocycles. The lowest BCUT2D eigenvalue weighted by molar-refractivity contribution is -0.132. The number of carbonyl (C=O) groups excluding carboxylic acids is 3. The van der Waals surface area contributed by atoms with E-state index in [4.69, 9.17) is 0 Å². The molecule has 29 heavy (non-hydrogen) atoms. The standard InChI is InChI=1S/C18H21F2N3O5S/c19-16(20)29(27,28)13-6-4-12(5-7-13)21-14(24)8-11-23-15(25)18(22-17(23)26)9-2-1-3-10-18/h4-7,16H,1-3,8-11H2,(H,21,24)(H,22,26). The summed E-state index contributed by atoms with van der Waals surface area (Å²) in [5.74, 6) is -4.34. The van der Waals surface area contributed by atoms with Crippen LogP contribution in [-0.2, 0) is 19.4 Å². The Morgan fingerprint density at radius 3 is 2.34 bits per heavy atom. The van der Waals surface area contributed by atoms with Gasteiger partial charge in [-0.05, 0) is 37.1 Å². The molecule has 2 fully saturated rings. The molecule has 1 aliphatic heterocycles. The van der Waals surface area contributed by atoms with E-state index in [1.807, 2.05) is 0 Å². The number of alkyl halides is 2. The number of amides is 4. The van der Waals surface area contributed by atoms with Crippen molar-refractivity contribution >= 4 is 33.4 Å². The molecular weight excluding hydrogens is 408 g/mol. The van der Waals surface area contributed by atoms with Gasteiger partial charge in [0.1, 0.15) is 5.54 Å². The van der Waals surface area contributed by atoms with Crippen LogP contribution in [0.3, 0.4) is 0 Å². The van der Waals surface area contributed by atoms with Crippen LogP contribution in [0.25, 0.3) is 0 Å². The molecule has 3 rings (SSSR count). The number of nitrogens with one attached hydrogen (secondary N) is 2. The second kappa shape index (κ2) is 8.05. The molecule has 2 N–H and O–H groups in total. The van der Waals surface area contributed by atoms with Crippen LogP contribution in [0.2, 0.25) is 0 Å². The number of rotatable bonds is 6. The summed E-state index contributed by atoms with van der Waals surface area (Å²) in [4.78, 5) is 37.4. The van der Waals surface area contributed by atoms with Crippen LogP contribution in [0.4, 0.5) is 19.3 Å². The average Bonchev–Trinajstić information content (AvgIpc) is 2.90. The summed E-state index contributed by atoms with van der Waals surface area (Å²) in [5, 5.41) is 5.24. The first-order valence-electron chi connectivity index (χ1n) is 9.22. The maximum atomic E-state index is 12.6. The monoisotopic (exact) mass is 429 g/mol. The van der Waals surface area contributed by atoms with Gasteiger partial charge in [-0.3, -0.25) is 14.5 Å². The molecule has 1 aliphatic carbocycles. The van der Waals surface area contributed by atoms with Crippen molar-refractivity contribution in [2.75, 3.05) is 11.9 Å². The van der Waals surface area contributed by atoms with Crippen molar-refractivity contribution in [3.63, 3.8) is 0 Å². The smallest absolute Gasteiger partial charge is 0.326 e. The molecule has 1 spiro atoms. The minimum atomic E-state index is -4.70. The molecule has 4 amide bonds. The molecule has 0 atom stereocenters. The van der Waals surface area contributed by atoms with Gasteiger partial charge in [0.25, 0.3) is 5.91 Å². The molecule has 1 heterocycles. The first kappa shape index (κ1) is 21.2. The minimum absolute atomic E-state index is 0.0872. The summed E-state index contributed by atoms with van der Waals surface area (Å²) >= 11 is 0. The molecule has 0 radical (unpaired) electrons. The van der Waals surface area contributed by atoms with E-state index < -0.39 is 38.0 Å². The van der Waals surface area contributed by atoms with Crippen molar-refractivity contribution in [3.8, 4) is 0 Å². The fourth-order valence-electron chi connectivity index (χ4n) is 3.64. The van der Waals surface area contributed by atoms with Crippen molar-refractivity contribution in [2.45, 2.75) is 54.7 Å². The first-order valence-corrected chi connectivity index (χ1v) is 10.8. The third-order valence-corrected chi connectivity index (χ3v) is 6.62. The summed E-state index contributed by atoms with van der Waals surface area (Å²) in [6, 6.07) is 3.82. The van der Waals surface area contributed by atoms with Crippen LogP contribution in [0.5, 0.6) is 0 Å². The third-order valence-electron chi connectivity index (χ3n) is 5.22. The van der Waals surface area contributed by atoms with Gasteiger partial charge in [0, 0.05) is 18.7 Å². The number of benzene rings is 1. The molecule has 158 valence electrons. The number of nitrogens with zero attached hydrogens (tertiary/aromatic N) is 1. The molecule has 1 aromatic rings. The van der Waals surface area contributed by atoms with Crippen LogP contribution < -0.4 is 10.6 Å². The van der Waals surface area contributed by atoms with Crippen molar-refractivity contribution < 1.29 is 31.6 Å². The van der Waals surface area contributed by atoms with Crippen LogP contribution in [0.1, 0.15) is 38.5 Å². The number of hydrogen-bond acceptors (Lipinski definition) is 5. The molecule has 2 aliphatic rings. The number of carbonyl (C=O) groups is 3. The summed E-state index contributed by atoms with van der Waals surface area (Å²) in [7, 11) is -4.70. The molecule has 8 nitrogen and oxygen atoms in total. The molecule has 0 unspecified atom stereocenters. The van der Waals surface area contributed by atoms with Crippen LogP contribution in [0.15, 0.2) is 29.2 Å². The van der Waals surface area contributed by atoms with Gasteiger partial charge in [-0.1, -0.05) is 19.3 Å². The number of imide groups is 1. The molecule has 11 heteroatoms. The van der Waals surface area contributed by atoms with Crippen molar-refractivity contribution in [1.29, 1.82) is 0 Å². The Kier molecular flexibility index (Phi) is 5.87. The Morgan fingerprint density at radius 2 is 1.76 bits per heavy atom. The highest BCUT2D eigenvalue weighted by Gasteiger charge is 2.51. The largest absolute Gasteiger partial charge is 0.341 e. The van der Waals surface area contributed by atoms with Crippen LogP contribution in [0, 0.1) is 0 Å². The summed E-state index contributed by atoms with van der Waals surface area (Å²) in [5.41, 5.74) is -0.637. The van der Waals surface area contributed by atoms with Gasteiger partial charge in [0.2, 0.25) is 15.7 Å². The van der Waals surface area contributed by atoms with E-state index in [1.165, 1.54) is 12.1 Å². The SMILES string of the molecule is O=C(CCN1C(=O)NC2(CCCCC2)C1=O)Nc1ccc(S(=O)(=O)C(F)F)cc1. The van der Waals surface area contributed by atoms with Gasteiger partial charge in [-0.25, -0.2) is 13.2 Å². The topological polar surface area (TPSA) is 113 Å². The third kappa shape index (κ3) is 4.24. The lowest BCUT2D eigenvalue weighted by atomic mass is 9.82. The van der Waals surface area contributed by atoms with Gasteiger partial charge in [-0.2, -0.15) is 8.78 Å². The fourth-order valence-corrected chi connectivity index (χ4v) is 4.36. The van der Waals surface area contributed by atoms with Gasteiger partial charge < -0.3 is 10.6 Å². The summed E-state index contributed by atoms with van der Waals surface area (Å²) in [6.07, 6.45) is 3.77. The van der Waals surface area contributed by atoms with Gasteiger partial charge in [-0.15, -0.1) is 0 Å². The Morgan fingerprint density at radius 1 is 1.14 bits per heavy atom. The Balaban J connectivity index is 1.56. The van der Waals surface area contributed by atoms with E-state index in [2.05, 4.69) is 10.6 Å². The number of hydrogen-bond donors (Lipinski definition) is 2. The van der Waals surface area contributed by atoms with E-state index in [1.54, 1.807) is 0 Å². The highest BCUT2D eigenvalue weighted by atomic mass is 32.2. The normalized spacial score (nSPS) is 18.9. The minimum Gasteiger partial charge on any atom is -0.326 e. The maximum absolute atomic E-state index is 12.6. The predicted octanol–water partition coefficient (Wildman–Crippen LogP) is 2.27. The van der Waals surface area contributed by atoms with E-state index in [0.717, 1.165) is 36.3 Å². The summed E-state index contributed by atoms with van der Waals surface area (Å²) < 4.78 is 47.8. The van der Waals surface area contributed by atoms with Gasteiger partial charge in [0.15, 0.2) is 0 Å². The second-order valence-corrected chi connectivity index (χ2v) is 9.08. The van der Waals surface area contributed by atoms with E-state index >= 15 is 0 Å². The maximum Gasteiger partial charge on any atom is 0.341 e. The van der Waals surface area contributed by atoms with E-state index in [0.29, 0.717) is 12.8 Å². The van der Waals surface area contributed by atoms with Crippen molar-refractivity contribution in [2.24, 2.45) is 0 Å². The quantitative estimate of drug-likeness (QED) is 0.674. The molecule has 0 bridgehead atoms. The Hall–Kier alpha value is -2.56. The number of halogens is 2. The lowest BCUT2D eigenvalue weighted by Gasteiger charge is -2.30. The zero-order chi connectivity index (χ0) is 21.2. The number of urea groups is 1. The van der Waals surface area contributed by atoms with Crippen molar-refractivity contribution in [3.05, 3.63) is 24.3 Å². The molecular formula is C18H21F2N3O5S. The number of anilines is 1. The van der Waals surface area contributed by atoms with Crippen molar-refractivity contribution in [1.82, 2.24) is 10.2 Å². The lowest BCUT2D eigenvalue weighted by Crippen LogP contribution is -2.48. The molecule has 1 saturated carbocycles. The van der Waals surface area contributed by atoms with Gasteiger partial charge >= 0.3 is 11.8 Å². The van der Waals surface area contributed by atoms with Gasteiger partial charge in [0.05, 0.1) is 4.90 Å². The highest BCUT2D eigenvalue weighted by molar-refractivity contribution is 7.91. The highest BCUT2D eigenvalue weighted by Crippen LogP contribution is 2.33. The second-order valence-electron chi connectivity index (χ2n) is 7.16. The fraction of sp³-hybridized carbons (Fsp3) is 0.500. The Bertz CT molecular complexity index is 912. The predicted molar refractivity (Wildman–Crippen MR) is 98.9 cm³/mol. The first-order chi connectivity index (χ1) is 13.7. The molecule has 0 aromatic heterocycles. The van der Waals surface area contributed by atoms with E-state index in [-0.39, 0.29) is 24.6 Å².